The monoisotopic (exact) mass is 473 g/mol. The minimum Gasteiger partial charge on any atom is -0.368 e. The standard InChI is InChI=1S/C22H21ClFN5O2S/c23-15-2-1-3-19(12-15)28-8-10-29(11-9-28)20(30)13-18-14-32-22(26-18)27-21(31)25-17-6-4-16(24)5-7-17/h1-7,12,14H,8-11,13H2,(H2,25,26,27,31). The SMILES string of the molecule is O=C(Nc1ccc(F)cc1)Nc1nc(CC(=O)N2CCN(c3cccc(Cl)c3)CC2)cs1. The third kappa shape index (κ3) is 5.74. The molecule has 0 atom stereocenters. The molecule has 3 aromatic rings. The molecule has 4 rings (SSSR count). The van der Waals surface area contributed by atoms with Crippen molar-refractivity contribution in [3.63, 3.8) is 0 Å². The summed E-state index contributed by atoms with van der Waals surface area (Å²) in [5.41, 5.74) is 2.13. The molecule has 2 N–H and O–H groups in total. The minimum atomic E-state index is -0.485. The highest BCUT2D eigenvalue weighted by Gasteiger charge is 2.22. The molecular weight excluding hydrogens is 453 g/mol. The van der Waals surface area contributed by atoms with E-state index in [1.54, 1.807) is 5.38 Å². The predicted octanol–water partition coefficient (Wildman–Crippen LogP) is 4.47. The molecule has 32 heavy (non-hydrogen) atoms. The molecule has 1 aromatic heterocycles. The second kappa shape index (κ2) is 9.97. The van der Waals surface area contributed by atoms with Gasteiger partial charge in [-0.25, -0.2) is 14.2 Å². The van der Waals surface area contributed by atoms with Crippen LogP contribution in [0, 0.1) is 5.82 Å². The van der Waals surface area contributed by atoms with Crippen molar-refractivity contribution in [1.82, 2.24) is 9.88 Å². The summed E-state index contributed by atoms with van der Waals surface area (Å²) in [6.07, 6.45) is 0.176. The first-order chi connectivity index (χ1) is 15.5. The molecule has 2 aromatic carbocycles. The molecule has 10 heteroatoms. The highest BCUT2D eigenvalue weighted by Crippen LogP contribution is 2.22. The van der Waals surface area contributed by atoms with Gasteiger partial charge in [0, 0.05) is 48.0 Å². The Morgan fingerprint density at radius 1 is 1.06 bits per heavy atom. The molecule has 0 saturated carbocycles. The zero-order valence-electron chi connectivity index (χ0n) is 17.1. The number of halogens is 2. The molecule has 166 valence electrons. The number of nitrogens with zero attached hydrogens (tertiary/aromatic N) is 3. The molecule has 0 unspecified atom stereocenters. The highest BCUT2D eigenvalue weighted by molar-refractivity contribution is 7.14. The number of piperazine rings is 1. The summed E-state index contributed by atoms with van der Waals surface area (Å²) in [6, 6.07) is 12.7. The smallest absolute Gasteiger partial charge is 0.325 e. The van der Waals surface area contributed by atoms with Gasteiger partial charge >= 0.3 is 6.03 Å². The van der Waals surface area contributed by atoms with Crippen LogP contribution in [0.5, 0.6) is 0 Å². The van der Waals surface area contributed by atoms with Crippen molar-refractivity contribution in [1.29, 1.82) is 0 Å². The Labute approximate surface area is 193 Å². The van der Waals surface area contributed by atoms with E-state index in [1.165, 1.54) is 35.6 Å². The van der Waals surface area contributed by atoms with Crippen LogP contribution in [-0.4, -0.2) is 48.0 Å². The lowest BCUT2D eigenvalue weighted by Crippen LogP contribution is -2.49. The molecule has 0 aliphatic carbocycles. The number of carbonyl (C=O) groups excluding carboxylic acids is 2. The summed E-state index contributed by atoms with van der Waals surface area (Å²) >= 11 is 7.32. The molecular formula is C22H21ClFN5O2S. The number of benzene rings is 2. The van der Waals surface area contributed by atoms with Gasteiger partial charge in [0.2, 0.25) is 5.91 Å². The number of urea groups is 1. The van der Waals surface area contributed by atoms with E-state index in [1.807, 2.05) is 29.2 Å². The second-order valence-corrected chi connectivity index (χ2v) is 8.55. The van der Waals surface area contributed by atoms with Gasteiger partial charge in [-0.05, 0) is 42.5 Å². The third-order valence-electron chi connectivity index (χ3n) is 5.01. The molecule has 0 bridgehead atoms. The number of aromatic nitrogens is 1. The molecule has 7 nitrogen and oxygen atoms in total. The number of hydrogen-bond donors (Lipinski definition) is 2. The number of rotatable bonds is 5. The Hall–Kier alpha value is -3.17. The Kier molecular flexibility index (Phi) is 6.87. The normalized spacial score (nSPS) is 13.7. The zero-order chi connectivity index (χ0) is 22.5. The van der Waals surface area contributed by atoms with Crippen LogP contribution in [0.2, 0.25) is 5.02 Å². The molecule has 2 heterocycles. The summed E-state index contributed by atoms with van der Waals surface area (Å²) in [6.45, 7) is 2.72. The van der Waals surface area contributed by atoms with E-state index in [4.69, 9.17) is 11.6 Å². The number of carbonyl (C=O) groups is 2. The van der Waals surface area contributed by atoms with Gasteiger partial charge in [0.15, 0.2) is 5.13 Å². The molecule has 1 aliphatic rings. The van der Waals surface area contributed by atoms with E-state index >= 15 is 0 Å². The van der Waals surface area contributed by atoms with Crippen LogP contribution in [0.4, 0.5) is 25.7 Å². The Bertz CT molecular complexity index is 1100. The van der Waals surface area contributed by atoms with E-state index in [0.29, 0.717) is 34.6 Å². The minimum absolute atomic E-state index is 0.00311. The van der Waals surface area contributed by atoms with Crippen molar-refractivity contribution in [2.75, 3.05) is 41.7 Å². The van der Waals surface area contributed by atoms with Gasteiger partial charge in [0.25, 0.3) is 0 Å². The maximum absolute atomic E-state index is 12.9. The van der Waals surface area contributed by atoms with Gasteiger partial charge in [0.05, 0.1) is 12.1 Å². The first kappa shape index (κ1) is 22.0. The van der Waals surface area contributed by atoms with Crippen molar-refractivity contribution >= 4 is 51.4 Å². The molecule has 0 spiro atoms. The number of amides is 3. The number of thiazole rings is 1. The Morgan fingerprint density at radius 2 is 1.81 bits per heavy atom. The molecule has 1 fully saturated rings. The van der Waals surface area contributed by atoms with Gasteiger partial charge < -0.3 is 15.1 Å². The highest BCUT2D eigenvalue weighted by atomic mass is 35.5. The van der Waals surface area contributed by atoms with Crippen LogP contribution in [-0.2, 0) is 11.2 Å². The van der Waals surface area contributed by atoms with Crippen LogP contribution in [0.25, 0.3) is 0 Å². The fraction of sp³-hybridized carbons (Fsp3) is 0.227. The molecule has 1 saturated heterocycles. The van der Waals surface area contributed by atoms with E-state index in [-0.39, 0.29) is 18.1 Å². The third-order valence-corrected chi connectivity index (χ3v) is 6.05. The molecule has 1 aliphatic heterocycles. The predicted molar refractivity (Wildman–Crippen MR) is 125 cm³/mol. The maximum atomic E-state index is 12.9. The summed E-state index contributed by atoms with van der Waals surface area (Å²) < 4.78 is 12.9. The van der Waals surface area contributed by atoms with Crippen LogP contribution < -0.4 is 15.5 Å². The van der Waals surface area contributed by atoms with E-state index in [0.717, 1.165) is 18.8 Å². The van der Waals surface area contributed by atoms with E-state index < -0.39 is 6.03 Å². The van der Waals surface area contributed by atoms with Gasteiger partial charge in [-0.1, -0.05) is 17.7 Å². The van der Waals surface area contributed by atoms with Crippen molar-refractivity contribution < 1.29 is 14.0 Å². The van der Waals surface area contributed by atoms with Crippen molar-refractivity contribution in [2.24, 2.45) is 0 Å². The average Bonchev–Trinajstić information content (AvgIpc) is 3.22. The fourth-order valence-electron chi connectivity index (χ4n) is 3.39. The summed E-state index contributed by atoms with van der Waals surface area (Å²) in [5, 5.41) is 8.07. The van der Waals surface area contributed by atoms with Crippen molar-refractivity contribution in [2.45, 2.75) is 6.42 Å². The van der Waals surface area contributed by atoms with Crippen molar-refractivity contribution in [3.8, 4) is 0 Å². The second-order valence-electron chi connectivity index (χ2n) is 7.25. The van der Waals surface area contributed by atoms with E-state index in [2.05, 4.69) is 20.5 Å². The Balaban J connectivity index is 1.25. The number of nitrogens with one attached hydrogen (secondary N) is 2. The van der Waals surface area contributed by atoms with Crippen LogP contribution in [0.1, 0.15) is 5.69 Å². The van der Waals surface area contributed by atoms with E-state index in [9.17, 15) is 14.0 Å². The zero-order valence-corrected chi connectivity index (χ0v) is 18.6. The first-order valence-electron chi connectivity index (χ1n) is 10.0. The largest absolute Gasteiger partial charge is 0.368 e. The van der Waals surface area contributed by atoms with Gasteiger partial charge in [-0.2, -0.15) is 0 Å². The molecule has 0 radical (unpaired) electrons. The number of hydrogen-bond acceptors (Lipinski definition) is 5. The summed E-state index contributed by atoms with van der Waals surface area (Å²) in [5.74, 6) is -0.376. The topological polar surface area (TPSA) is 77.6 Å². The molecule has 3 amide bonds. The maximum Gasteiger partial charge on any atom is 0.325 e. The lowest BCUT2D eigenvalue weighted by molar-refractivity contribution is -0.130. The lowest BCUT2D eigenvalue weighted by atomic mass is 10.2. The quantitative estimate of drug-likeness (QED) is 0.573. The number of anilines is 3. The van der Waals surface area contributed by atoms with Crippen LogP contribution >= 0.6 is 22.9 Å². The van der Waals surface area contributed by atoms with Gasteiger partial charge in [0.1, 0.15) is 5.82 Å². The van der Waals surface area contributed by atoms with Gasteiger partial charge in [-0.15, -0.1) is 11.3 Å². The Morgan fingerprint density at radius 3 is 2.53 bits per heavy atom. The van der Waals surface area contributed by atoms with Gasteiger partial charge in [-0.3, -0.25) is 10.1 Å². The average molecular weight is 474 g/mol. The lowest BCUT2D eigenvalue weighted by Gasteiger charge is -2.36. The summed E-state index contributed by atoms with van der Waals surface area (Å²) in [4.78, 5) is 33.1. The fourth-order valence-corrected chi connectivity index (χ4v) is 4.28. The first-order valence-corrected chi connectivity index (χ1v) is 11.3. The van der Waals surface area contributed by atoms with Crippen LogP contribution in [0.3, 0.4) is 0 Å². The summed E-state index contributed by atoms with van der Waals surface area (Å²) in [7, 11) is 0. The van der Waals surface area contributed by atoms with Crippen LogP contribution in [0.15, 0.2) is 53.9 Å². The van der Waals surface area contributed by atoms with Crippen molar-refractivity contribution in [3.05, 3.63) is 70.4 Å².